The number of carbonyl (C=O) groups is 1. The Balaban J connectivity index is 1.70. The Morgan fingerprint density at radius 2 is 2.12 bits per heavy atom. The van der Waals surface area contributed by atoms with Crippen LogP contribution in [-0.4, -0.2) is 50.2 Å². The van der Waals surface area contributed by atoms with Crippen LogP contribution in [0, 0.1) is 6.92 Å². The van der Waals surface area contributed by atoms with E-state index in [4.69, 9.17) is 4.74 Å². The molecule has 0 aliphatic carbocycles. The van der Waals surface area contributed by atoms with Crippen LogP contribution in [0.15, 0.2) is 27.8 Å². The van der Waals surface area contributed by atoms with Crippen LogP contribution in [0.3, 0.4) is 0 Å². The number of carbonyl (C=O) groups excluding carboxylic acids is 1. The number of hydrogen-bond acceptors (Lipinski definition) is 6. The largest absolute Gasteiger partial charge is 0.471 e. The second kappa shape index (κ2) is 6.65. The Morgan fingerprint density at radius 1 is 1.29 bits per heavy atom. The summed E-state index contributed by atoms with van der Waals surface area (Å²) < 4.78 is 5.77. The van der Waals surface area contributed by atoms with E-state index in [1.807, 2.05) is 11.9 Å². The minimum atomic E-state index is -0.703. The molecule has 24 heavy (non-hydrogen) atoms. The summed E-state index contributed by atoms with van der Waals surface area (Å²) in [5, 5.41) is 7.89. The molecule has 2 aromatic rings. The van der Waals surface area contributed by atoms with Gasteiger partial charge in [0.15, 0.2) is 0 Å². The van der Waals surface area contributed by atoms with Crippen LogP contribution in [0.4, 0.5) is 0 Å². The van der Waals surface area contributed by atoms with Crippen LogP contribution in [0.5, 0.6) is 5.88 Å². The third-order valence-electron chi connectivity index (χ3n) is 3.72. The maximum absolute atomic E-state index is 12.5. The number of ether oxygens (including phenoxy) is 1. The van der Waals surface area contributed by atoms with E-state index >= 15 is 0 Å². The molecule has 9 nitrogen and oxygen atoms in total. The predicted octanol–water partition coefficient (Wildman–Crippen LogP) is -0.155. The Morgan fingerprint density at radius 3 is 2.83 bits per heavy atom. The summed E-state index contributed by atoms with van der Waals surface area (Å²) in [4.78, 5) is 41.1. The molecule has 9 heteroatoms. The van der Waals surface area contributed by atoms with Crippen LogP contribution < -0.4 is 16.0 Å². The number of rotatable bonds is 3. The molecule has 0 spiro atoms. The molecule has 2 N–H and O–H groups in total. The number of aromatic amines is 2. The number of aromatic nitrogens is 4. The number of amides is 1. The maximum atomic E-state index is 12.5. The van der Waals surface area contributed by atoms with E-state index in [1.165, 1.54) is 0 Å². The van der Waals surface area contributed by atoms with Gasteiger partial charge in [-0.3, -0.25) is 14.6 Å². The Bertz CT molecular complexity index is 814. The van der Waals surface area contributed by atoms with E-state index < -0.39 is 17.2 Å². The van der Waals surface area contributed by atoms with Crippen molar-refractivity contribution in [1.29, 1.82) is 0 Å². The lowest BCUT2D eigenvalue weighted by Crippen LogP contribution is -2.45. The van der Waals surface area contributed by atoms with Gasteiger partial charge in [-0.2, -0.15) is 5.10 Å². The summed E-state index contributed by atoms with van der Waals surface area (Å²) in [6.45, 7) is 2.72. The van der Waals surface area contributed by atoms with Crippen molar-refractivity contribution in [2.24, 2.45) is 0 Å². The molecular formula is C15H17N5O4. The molecule has 1 saturated heterocycles. The molecule has 0 saturated carbocycles. The van der Waals surface area contributed by atoms with E-state index in [0.29, 0.717) is 19.0 Å². The smallest absolute Gasteiger partial charge is 0.326 e. The molecule has 2 aromatic heterocycles. The van der Waals surface area contributed by atoms with Crippen molar-refractivity contribution in [2.75, 3.05) is 13.1 Å². The highest BCUT2D eigenvalue weighted by atomic mass is 16.5. The minimum Gasteiger partial charge on any atom is -0.471 e. The first-order valence-electron chi connectivity index (χ1n) is 7.61. The fourth-order valence-electron chi connectivity index (χ4n) is 2.59. The standard InChI is InChI=1S/C15H17N5O4/c1-9-4-5-13(19-18-9)24-10-3-2-6-20(8-10)14(22)11-7-12(21)17-15(23)16-11/h4-5,7,10H,2-3,6,8H2,1H3,(H2,16,17,21,23)/t10-/m0/s1. The summed E-state index contributed by atoms with van der Waals surface area (Å²) in [7, 11) is 0. The average Bonchev–Trinajstić information content (AvgIpc) is 2.56. The maximum Gasteiger partial charge on any atom is 0.326 e. The van der Waals surface area contributed by atoms with Gasteiger partial charge in [0.1, 0.15) is 11.8 Å². The lowest BCUT2D eigenvalue weighted by atomic mass is 10.1. The number of aryl methyl sites for hydroxylation is 1. The minimum absolute atomic E-state index is 0.0282. The van der Waals surface area contributed by atoms with Gasteiger partial charge in [-0.25, -0.2) is 4.79 Å². The monoisotopic (exact) mass is 331 g/mol. The molecule has 0 unspecified atom stereocenters. The summed E-state index contributed by atoms with van der Waals surface area (Å²) in [5.41, 5.74) is -0.548. The summed E-state index contributed by atoms with van der Waals surface area (Å²) in [6, 6.07) is 4.62. The van der Waals surface area contributed by atoms with Gasteiger partial charge in [0.25, 0.3) is 11.5 Å². The zero-order valence-corrected chi connectivity index (χ0v) is 13.1. The van der Waals surface area contributed by atoms with Gasteiger partial charge in [-0.1, -0.05) is 0 Å². The first kappa shape index (κ1) is 15.9. The number of piperidine rings is 1. The number of nitrogens with zero attached hydrogens (tertiary/aromatic N) is 3. The van der Waals surface area contributed by atoms with Gasteiger partial charge in [0.2, 0.25) is 5.88 Å². The normalized spacial score (nSPS) is 17.5. The molecule has 1 aliphatic heterocycles. The number of nitrogens with one attached hydrogen (secondary N) is 2. The highest BCUT2D eigenvalue weighted by Crippen LogP contribution is 2.17. The van der Waals surface area contributed by atoms with E-state index in [-0.39, 0.29) is 11.8 Å². The van der Waals surface area contributed by atoms with Gasteiger partial charge in [-0.05, 0) is 25.8 Å². The highest BCUT2D eigenvalue weighted by Gasteiger charge is 2.26. The number of likely N-dealkylation sites (tertiary alicyclic amines) is 1. The molecule has 0 radical (unpaired) electrons. The van der Waals surface area contributed by atoms with Crippen LogP contribution in [0.25, 0.3) is 0 Å². The van der Waals surface area contributed by atoms with Crippen molar-refractivity contribution in [3.63, 3.8) is 0 Å². The van der Waals surface area contributed by atoms with Crippen molar-refractivity contribution < 1.29 is 9.53 Å². The second-order valence-electron chi connectivity index (χ2n) is 5.65. The van der Waals surface area contributed by atoms with Crippen molar-refractivity contribution in [3.8, 4) is 5.88 Å². The van der Waals surface area contributed by atoms with E-state index in [9.17, 15) is 14.4 Å². The quantitative estimate of drug-likeness (QED) is 0.806. The van der Waals surface area contributed by atoms with Crippen LogP contribution in [0.2, 0.25) is 0 Å². The van der Waals surface area contributed by atoms with Gasteiger partial charge >= 0.3 is 5.69 Å². The zero-order chi connectivity index (χ0) is 17.1. The molecule has 126 valence electrons. The molecular weight excluding hydrogens is 314 g/mol. The molecule has 0 bridgehead atoms. The molecule has 3 heterocycles. The Labute approximate surface area is 136 Å². The van der Waals surface area contributed by atoms with E-state index in [0.717, 1.165) is 24.6 Å². The van der Waals surface area contributed by atoms with Gasteiger partial charge < -0.3 is 14.6 Å². The fraction of sp³-hybridized carbons (Fsp3) is 0.400. The highest BCUT2D eigenvalue weighted by molar-refractivity contribution is 5.92. The second-order valence-corrected chi connectivity index (χ2v) is 5.65. The Hall–Kier alpha value is -2.97. The SMILES string of the molecule is Cc1ccc(O[C@H]2CCCN(C(=O)c3cc(=O)[nH]c(=O)[nH]3)C2)nn1. The summed E-state index contributed by atoms with van der Waals surface area (Å²) in [5.74, 6) is 0.00551. The van der Waals surface area contributed by atoms with Gasteiger partial charge in [0.05, 0.1) is 12.2 Å². The van der Waals surface area contributed by atoms with Crippen LogP contribution >= 0.6 is 0 Å². The van der Waals surface area contributed by atoms with Crippen molar-refractivity contribution in [2.45, 2.75) is 25.9 Å². The number of H-pyrrole nitrogens is 2. The van der Waals surface area contributed by atoms with Crippen LogP contribution in [-0.2, 0) is 0 Å². The molecule has 1 fully saturated rings. The molecule has 1 atom stereocenters. The van der Waals surface area contributed by atoms with Crippen molar-refractivity contribution in [1.82, 2.24) is 25.1 Å². The summed E-state index contributed by atoms with van der Waals surface area (Å²) >= 11 is 0. The third-order valence-corrected chi connectivity index (χ3v) is 3.72. The molecule has 0 aromatic carbocycles. The molecule has 3 rings (SSSR count). The van der Waals surface area contributed by atoms with Crippen molar-refractivity contribution in [3.05, 3.63) is 50.4 Å². The zero-order valence-electron chi connectivity index (χ0n) is 13.1. The van der Waals surface area contributed by atoms with Crippen LogP contribution in [0.1, 0.15) is 29.0 Å². The predicted molar refractivity (Wildman–Crippen MR) is 84.0 cm³/mol. The average molecular weight is 331 g/mol. The van der Waals surface area contributed by atoms with Gasteiger partial charge in [-0.15, -0.1) is 5.10 Å². The van der Waals surface area contributed by atoms with E-state index in [1.54, 1.807) is 17.0 Å². The lowest BCUT2D eigenvalue weighted by molar-refractivity contribution is 0.0519. The lowest BCUT2D eigenvalue weighted by Gasteiger charge is -2.32. The van der Waals surface area contributed by atoms with Gasteiger partial charge in [0, 0.05) is 18.7 Å². The number of hydrogen-bond donors (Lipinski definition) is 2. The Kier molecular flexibility index (Phi) is 4.41. The van der Waals surface area contributed by atoms with Crippen molar-refractivity contribution >= 4 is 5.91 Å². The third kappa shape index (κ3) is 3.67. The first-order chi connectivity index (χ1) is 11.5. The first-order valence-corrected chi connectivity index (χ1v) is 7.61. The molecule has 1 aliphatic rings. The fourth-order valence-corrected chi connectivity index (χ4v) is 2.59. The topological polar surface area (TPSA) is 121 Å². The van der Waals surface area contributed by atoms with E-state index in [2.05, 4.69) is 15.2 Å². The summed E-state index contributed by atoms with van der Waals surface area (Å²) in [6.07, 6.45) is 1.32. The molecule has 1 amide bonds.